The standard InChI is InChI=1S/C12H18N2O5/c1-6-11(17)9(8(5-15)3-13-6)4-14-10(7(2)16)12(18)19/h3,7,10,14-17H,4-5H2,1-2H3,(H,18,19)/t7-,10+/m1/s1. The van der Waals surface area contributed by atoms with Crippen LogP contribution in [0.3, 0.4) is 0 Å². The van der Waals surface area contributed by atoms with Gasteiger partial charge in [0.15, 0.2) is 0 Å². The van der Waals surface area contributed by atoms with E-state index in [0.29, 0.717) is 16.8 Å². The molecule has 19 heavy (non-hydrogen) atoms. The number of hydrogen-bond donors (Lipinski definition) is 5. The van der Waals surface area contributed by atoms with E-state index in [2.05, 4.69) is 10.3 Å². The number of nitrogens with zero attached hydrogens (tertiary/aromatic N) is 1. The number of nitrogens with one attached hydrogen (secondary N) is 1. The molecule has 1 heterocycles. The molecule has 5 N–H and O–H groups in total. The second-order valence-corrected chi connectivity index (χ2v) is 4.29. The van der Waals surface area contributed by atoms with E-state index < -0.39 is 18.1 Å². The zero-order valence-corrected chi connectivity index (χ0v) is 10.8. The maximum atomic E-state index is 10.9. The summed E-state index contributed by atoms with van der Waals surface area (Å²) < 4.78 is 0. The molecule has 0 saturated carbocycles. The van der Waals surface area contributed by atoms with Gasteiger partial charge in [-0.25, -0.2) is 0 Å². The maximum Gasteiger partial charge on any atom is 0.323 e. The predicted octanol–water partition coefficient (Wildman–Crippen LogP) is -0.488. The van der Waals surface area contributed by atoms with Crippen molar-refractivity contribution in [3.8, 4) is 5.75 Å². The van der Waals surface area contributed by atoms with E-state index in [9.17, 15) is 20.1 Å². The average molecular weight is 270 g/mol. The summed E-state index contributed by atoms with van der Waals surface area (Å²) in [7, 11) is 0. The Morgan fingerprint density at radius 1 is 1.53 bits per heavy atom. The fourth-order valence-electron chi connectivity index (χ4n) is 1.69. The molecule has 0 aliphatic rings. The van der Waals surface area contributed by atoms with Crippen LogP contribution in [0.2, 0.25) is 0 Å². The lowest BCUT2D eigenvalue weighted by Crippen LogP contribution is -2.44. The second-order valence-electron chi connectivity index (χ2n) is 4.29. The number of pyridine rings is 1. The smallest absolute Gasteiger partial charge is 0.323 e. The van der Waals surface area contributed by atoms with E-state index in [4.69, 9.17) is 5.11 Å². The first-order valence-electron chi connectivity index (χ1n) is 5.79. The van der Waals surface area contributed by atoms with Crippen molar-refractivity contribution in [3.63, 3.8) is 0 Å². The van der Waals surface area contributed by atoms with E-state index in [0.717, 1.165) is 0 Å². The van der Waals surface area contributed by atoms with E-state index >= 15 is 0 Å². The highest BCUT2D eigenvalue weighted by molar-refractivity contribution is 5.74. The van der Waals surface area contributed by atoms with Crippen molar-refractivity contribution >= 4 is 5.97 Å². The van der Waals surface area contributed by atoms with Gasteiger partial charge in [-0.1, -0.05) is 0 Å². The minimum atomic E-state index is -1.19. The monoisotopic (exact) mass is 270 g/mol. The van der Waals surface area contributed by atoms with E-state index in [1.807, 2.05) is 0 Å². The van der Waals surface area contributed by atoms with Crippen LogP contribution in [0.25, 0.3) is 0 Å². The van der Waals surface area contributed by atoms with E-state index in [-0.39, 0.29) is 18.9 Å². The highest BCUT2D eigenvalue weighted by Crippen LogP contribution is 2.23. The molecule has 0 saturated heterocycles. The van der Waals surface area contributed by atoms with Gasteiger partial charge in [-0.05, 0) is 13.8 Å². The Bertz CT molecular complexity index is 462. The van der Waals surface area contributed by atoms with Crippen LogP contribution >= 0.6 is 0 Å². The van der Waals surface area contributed by atoms with Crippen LogP contribution in [-0.2, 0) is 17.9 Å². The number of carboxylic acid groups (broad SMARTS) is 1. The third-order valence-electron chi connectivity index (χ3n) is 2.85. The van der Waals surface area contributed by atoms with Gasteiger partial charge in [0.25, 0.3) is 0 Å². The highest BCUT2D eigenvalue weighted by atomic mass is 16.4. The fraction of sp³-hybridized carbons (Fsp3) is 0.500. The van der Waals surface area contributed by atoms with Crippen molar-refractivity contribution in [1.82, 2.24) is 10.3 Å². The number of aromatic hydroxyl groups is 1. The van der Waals surface area contributed by atoms with Gasteiger partial charge >= 0.3 is 5.97 Å². The Morgan fingerprint density at radius 3 is 2.63 bits per heavy atom. The molecule has 0 bridgehead atoms. The Morgan fingerprint density at radius 2 is 2.16 bits per heavy atom. The molecular formula is C12H18N2O5. The second kappa shape index (κ2) is 6.46. The van der Waals surface area contributed by atoms with E-state index in [1.165, 1.54) is 13.1 Å². The molecule has 0 amide bonds. The number of carbonyl (C=O) groups is 1. The Hall–Kier alpha value is -1.70. The zero-order valence-electron chi connectivity index (χ0n) is 10.8. The summed E-state index contributed by atoms with van der Waals surface area (Å²) in [6.45, 7) is 2.65. The number of aromatic nitrogens is 1. The largest absolute Gasteiger partial charge is 0.506 e. The molecule has 0 unspecified atom stereocenters. The Labute approximate surface area is 110 Å². The topological polar surface area (TPSA) is 123 Å². The van der Waals surface area contributed by atoms with Gasteiger partial charge in [0.2, 0.25) is 0 Å². The van der Waals surface area contributed by atoms with Gasteiger partial charge in [0.05, 0.1) is 18.4 Å². The minimum Gasteiger partial charge on any atom is -0.506 e. The molecule has 2 atom stereocenters. The molecule has 106 valence electrons. The normalized spacial score (nSPS) is 14.1. The minimum absolute atomic E-state index is 0.00690. The van der Waals surface area contributed by atoms with Crippen LogP contribution < -0.4 is 5.32 Å². The highest BCUT2D eigenvalue weighted by Gasteiger charge is 2.23. The quantitative estimate of drug-likeness (QED) is 0.472. The zero-order chi connectivity index (χ0) is 14.6. The number of aryl methyl sites for hydroxylation is 1. The number of aliphatic carboxylic acids is 1. The Balaban J connectivity index is 2.93. The third-order valence-corrected chi connectivity index (χ3v) is 2.85. The van der Waals surface area contributed by atoms with Crippen molar-refractivity contribution in [2.45, 2.75) is 39.1 Å². The number of hydrogen-bond acceptors (Lipinski definition) is 6. The molecule has 0 spiro atoms. The third kappa shape index (κ3) is 3.63. The molecule has 0 fully saturated rings. The van der Waals surface area contributed by atoms with Crippen molar-refractivity contribution < 1.29 is 25.2 Å². The summed E-state index contributed by atoms with van der Waals surface area (Å²) in [5.74, 6) is -1.28. The average Bonchev–Trinajstić information content (AvgIpc) is 2.33. The first kappa shape index (κ1) is 15.4. The molecule has 1 rings (SSSR count). The van der Waals surface area contributed by atoms with Crippen molar-refractivity contribution in [2.24, 2.45) is 0 Å². The van der Waals surface area contributed by atoms with Gasteiger partial charge in [-0.2, -0.15) is 0 Å². The Kier molecular flexibility index (Phi) is 5.22. The molecular weight excluding hydrogens is 252 g/mol. The summed E-state index contributed by atoms with van der Waals surface area (Å²) >= 11 is 0. The molecule has 1 aromatic heterocycles. The van der Waals surface area contributed by atoms with Gasteiger partial charge in [-0.3, -0.25) is 15.1 Å². The van der Waals surface area contributed by atoms with Gasteiger partial charge in [0, 0.05) is 23.9 Å². The number of carboxylic acids is 1. The summed E-state index contributed by atoms with van der Waals surface area (Å²) in [6, 6.07) is -1.15. The number of aliphatic hydroxyl groups excluding tert-OH is 2. The van der Waals surface area contributed by atoms with Crippen LogP contribution in [0.15, 0.2) is 6.20 Å². The van der Waals surface area contributed by atoms with Crippen LogP contribution in [0.4, 0.5) is 0 Å². The predicted molar refractivity (Wildman–Crippen MR) is 66.5 cm³/mol. The lowest BCUT2D eigenvalue weighted by molar-refractivity contribution is -0.142. The van der Waals surface area contributed by atoms with Gasteiger partial charge < -0.3 is 20.4 Å². The molecule has 0 aliphatic heterocycles. The summed E-state index contributed by atoms with van der Waals surface area (Å²) in [6.07, 6.45) is 0.338. The van der Waals surface area contributed by atoms with Crippen molar-refractivity contribution in [3.05, 3.63) is 23.0 Å². The van der Waals surface area contributed by atoms with Gasteiger partial charge in [-0.15, -0.1) is 0 Å². The van der Waals surface area contributed by atoms with Crippen molar-refractivity contribution in [1.29, 1.82) is 0 Å². The first-order valence-corrected chi connectivity index (χ1v) is 5.79. The summed E-state index contributed by atoms with van der Waals surface area (Å²) in [5, 5.41) is 39.9. The van der Waals surface area contributed by atoms with Crippen LogP contribution in [0.1, 0.15) is 23.7 Å². The molecule has 0 aliphatic carbocycles. The lowest BCUT2D eigenvalue weighted by atomic mass is 10.1. The summed E-state index contributed by atoms with van der Waals surface area (Å²) in [5.41, 5.74) is 1.17. The summed E-state index contributed by atoms with van der Waals surface area (Å²) in [4.78, 5) is 14.8. The van der Waals surface area contributed by atoms with E-state index in [1.54, 1.807) is 6.92 Å². The maximum absolute atomic E-state index is 10.9. The molecule has 1 aromatic rings. The van der Waals surface area contributed by atoms with Crippen LogP contribution in [0.5, 0.6) is 5.75 Å². The molecule has 0 radical (unpaired) electrons. The van der Waals surface area contributed by atoms with Crippen LogP contribution in [-0.4, -0.2) is 43.5 Å². The number of rotatable bonds is 6. The van der Waals surface area contributed by atoms with Gasteiger partial charge in [0.1, 0.15) is 11.8 Å². The van der Waals surface area contributed by atoms with Crippen molar-refractivity contribution in [2.75, 3.05) is 0 Å². The lowest BCUT2D eigenvalue weighted by Gasteiger charge is -2.19. The first-order chi connectivity index (χ1) is 8.88. The molecule has 7 nitrogen and oxygen atoms in total. The number of aliphatic hydroxyl groups is 2. The molecule has 7 heteroatoms. The SMILES string of the molecule is Cc1ncc(CO)c(CN[C@H](C(=O)O)[C@@H](C)O)c1O. The fourth-order valence-corrected chi connectivity index (χ4v) is 1.69. The molecule has 0 aromatic carbocycles. The van der Waals surface area contributed by atoms with Crippen LogP contribution in [0, 0.1) is 6.92 Å².